The smallest absolute Gasteiger partial charge is 0.155 e. The van der Waals surface area contributed by atoms with Crippen molar-refractivity contribution < 1.29 is 4.74 Å². The normalized spacial score (nSPS) is 28.2. The molecule has 0 amide bonds. The van der Waals surface area contributed by atoms with E-state index in [1.54, 1.807) is 6.33 Å². The lowest BCUT2D eigenvalue weighted by Crippen LogP contribution is -2.40. The lowest BCUT2D eigenvalue weighted by atomic mass is 9.99. The molecule has 1 saturated heterocycles. The van der Waals surface area contributed by atoms with Gasteiger partial charge in [-0.3, -0.25) is 0 Å². The van der Waals surface area contributed by atoms with Crippen molar-refractivity contribution in [1.29, 1.82) is 0 Å². The minimum atomic E-state index is -0.424. The predicted octanol–water partition coefficient (Wildman–Crippen LogP) is -0.128. The van der Waals surface area contributed by atoms with Crippen LogP contribution in [0.25, 0.3) is 0 Å². The Morgan fingerprint density at radius 2 is 2.62 bits per heavy atom. The average Bonchev–Trinajstić information content (AvgIpc) is 2.72. The van der Waals surface area contributed by atoms with E-state index in [-0.39, 0.29) is 0 Å². The van der Waals surface area contributed by atoms with Gasteiger partial charge in [0.1, 0.15) is 11.9 Å². The van der Waals surface area contributed by atoms with E-state index in [0.29, 0.717) is 13.2 Å². The van der Waals surface area contributed by atoms with Gasteiger partial charge in [0.15, 0.2) is 5.82 Å². The average molecular weight is 182 g/mol. The fourth-order valence-electron chi connectivity index (χ4n) is 1.63. The first-order valence-corrected chi connectivity index (χ1v) is 4.51. The fraction of sp³-hybridized carbons (Fsp3) is 0.750. The molecule has 0 radical (unpaired) electrons. The minimum absolute atomic E-state index is 0.424. The number of rotatable bonds is 2. The van der Waals surface area contributed by atoms with Crippen LogP contribution in [0.3, 0.4) is 0 Å². The van der Waals surface area contributed by atoms with Gasteiger partial charge in [-0.25, -0.2) is 0 Å². The van der Waals surface area contributed by atoms with Crippen molar-refractivity contribution in [1.82, 2.24) is 14.8 Å². The van der Waals surface area contributed by atoms with Crippen molar-refractivity contribution in [2.45, 2.75) is 25.4 Å². The molecule has 1 fully saturated rings. The predicted molar refractivity (Wildman–Crippen MR) is 47.0 cm³/mol. The number of aryl methyl sites for hydroxylation is 1. The molecule has 2 heterocycles. The van der Waals surface area contributed by atoms with Gasteiger partial charge in [0.05, 0.1) is 6.61 Å². The summed E-state index contributed by atoms with van der Waals surface area (Å²) >= 11 is 0. The summed E-state index contributed by atoms with van der Waals surface area (Å²) < 4.78 is 7.24. The van der Waals surface area contributed by atoms with Gasteiger partial charge >= 0.3 is 0 Å². The van der Waals surface area contributed by atoms with E-state index in [1.807, 2.05) is 11.5 Å². The summed E-state index contributed by atoms with van der Waals surface area (Å²) in [5.74, 6) is 0.840. The van der Waals surface area contributed by atoms with Crippen LogP contribution < -0.4 is 5.73 Å². The maximum absolute atomic E-state index is 6.15. The summed E-state index contributed by atoms with van der Waals surface area (Å²) in [5.41, 5.74) is 5.73. The van der Waals surface area contributed by atoms with Crippen molar-refractivity contribution in [3.8, 4) is 0 Å². The molecule has 1 atom stereocenters. The van der Waals surface area contributed by atoms with Gasteiger partial charge in [-0.05, 0) is 13.3 Å². The molecule has 1 aromatic heterocycles. The van der Waals surface area contributed by atoms with Crippen molar-refractivity contribution in [2.75, 3.05) is 13.2 Å². The van der Waals surface area contributed by atoms with Crippen LogP contribution in [-0.4, -0.2) is 28.0 Å². The van der Waals surface area contributed by atoms with Crippen LogP contribution in [0.5, 0.6) is 0 Å². The molecule has 0 aromatic carbocycles. The van der Waals surface area contributed by atoms with E-state index in [4.69, 9.17) is 10.5 Å². The Labute approximate surface area is 76.9 Å². The van der Waals surface area contributed by atoms with E-state index in [2.05, 4.69) is 10.2 Å². The molecular formula is C8H14N4O. The number of aromatic nitrogens is 3. The number of hydrogen-bond donors (Lipinski definition) is 1. The Balaban J connectivity index is 2.32. The number of nitrogens with zero attached hydrogens (tertiary/aromatic N) is 3. The first-order chi connectivity index (χ1) is 6.26. The Kier molecular flexibility index (Phi) is 2.05. The standard InChI is InChI=1S/C8H14N4O/c1-2-12-6-10-11-7(12)8(9)3-4-13-5-8/h6H,2-5,9H2,1H3. The van der Waals surface area contributed by atoms with Crippen LogP contribution in [-0.2, 0) is 16.8 Å². The summed E-state index contributed by atoms with van der Waals surface area (Å²) in [4.78, 5) is 0. The molecule has 0 bridgehead atoms. The Hall–Kier alpha value is -0.940. The minimum Gasteiger partial charge on any atom is -0.379 e. The van der Waals surface area contributed by atoms with Gasteiger partial charge in [-0.15, -0.1) is 10.2 Å². The second-order valence-corrected chi connectivity index (χ2v) is 3.40. The number of hydrogen-bond acceptors (Lipinski definition) is 4. The summed E-state index contributed by atoms with van der Waals surface area (Å²) in [6, 6.07) is 0. The van der Waals surface area contributed by atoms with Gasteiger partial charge in [0, 0.05) is 13.2 Å². The molecule has 1 aliphatic heterocycles. The number of ether oxygens (including phenoxy) is 1. The highest BCUT2D eigenvalue weighted by atomic mass is 16.5. The maximum atomic E-state index is 6.15. The van der Waals surface area contributed by atoms with Gasteiger partial charge in [0.25, 0.3) is 0 Å². The molecule has 1 aliphatic rings. The van der Waals surface area contributed by atoms with Gasteiger partial charge < -0.3 is 15.0 Å². The molecule has 5 heteroatoms. The fourth-order valence-corrected chi connectivity index (χ4v) is 1.63. The van der Waals surface area contributed by atoms with E-state index in [1.165, 1.54) is 0 Å². The lowest BCUT2D eigenvalue weighted by Gasteiger charge is -2.20. The molecule has 1 aromatic rings. The molecule has 2 rings (SSSR count). The van der Waals surface area contributed by atoms with Crippen LogP contribution in [0.1, 0.15) is 19.2 Å². The molecule has 0 saturated carbocycles. The maximum Gasteiger partial charge on any atom is 0.155 e. The molecular weight excluding hydrogens is 168 g/mol. The zero-order chi connectivity index (χ0) is 9.31. The molecule has 0 spiro atoms. The Morgan fingerprint density at radius 3 is 3.23 bits per heavy atom. The SMILES string of the molecule is CCn1cnnc1C1(N)CCOC1. The zero-order valence-corrected chi connectivity index (χ0v) is 7.73. The largest absolute Gasteiger partial charge is 0.379 e. The molecule has 0 aliphatic carbocycles. The monoisotopic (exact) mass is 182 g/mol. The van der Waals surface area contributed by atoms with E-state index < -0.39 is 5.54 Å². The molecule has 72 valence electrons. The van der Waals surface area contributed by atoms with Crippen LogP contribution in [0.15, 0.2) is 6.33 Å². The number of nitrogens with two attached hydrogens (primary N) is 1. The van der Waals surface area contributed by atoms with Crippen molar-refractivity contribution in [2.24, 2.45) is 5.73 Å². The topological polar surface area (TPSA) is 66.0 Å². The van der Waals surface area contributed by atoms with Crippen LogP contribution in [0.2, 0.25) is 0 Å². The highest BCUT2D eigenvalue weighted by Crippen LogP contribution is 2.25. The second-order valence-electron chi connectivity index (χ2n) is 3.40. The van der Waals surface area contributed by atoms with Crippen LogP contribution in [0.4, 0.5) is 0 Å². The molecule has 13 heavy (non-hydrogen) atoms. The van der Waals surface area contributed by atoms with Crippen molar-refractivity contribution >= 4 is 0 Å². The van der Waals surface area contributed by atoms with Crippen LogP contribution in [0, 0.1) is 0 Å². The third-order valence-corrected chi connectivity index (χ3v) is 2.45. The second kappa shape index (κ2) is 3.08. The third kappa shape index (κ3) is 1.34. The van der Waals surface area contributed by atoms with Crippen molar-refractivity contribution in [3.63, 3.8) is 0 Å². The highest BCUT2D eigenvalue weighted by Gasteiger charge is 2.36. The van der Waals surface area contributed by atoms with Gasteiger partial charge in [-0.1, -0.05) is 0 Å². The van der Waals surface area contributed by atoms with E-state index in [0.717, 1.165) is 18.8 Å². The quantitative estimate of drug-likeness (QED) is 0.692. The summed E-state index contributed by atoms with van der Waals surface area (Å²) in [6.45, 7) is 4.16. The molecule has 1 unspecified atom stereocenters. The first-order valence-electron chi connectivity index (χ1n) is 4.51. The third-order valence-electron chi connectivity index (χ3n) is 2.45. The molecule has 5 nitrogen and oxygen atoms in total. The lowest BCUT2D eigenvalue weighted by molar-refractivity contribution is 0.175. The Bertz CT molecular complexity index is 290. The van der Waals surface area contributed by atoms with E-state index >= 15 is 0 Å². The zero-order valence-electron chi connectivity index (χ0n) is 7.73. The van der Waals surface area contributed by atoms with Crippen LogP contribution >= 0.6 is 0 Å². The highest BCUT2D eigenvalue weighted by molar-refractivity contribution is 5.07. The summed E-state index contributed by atoms with van der Waals surface area (Å²) in [6.07, 6.45) is 2.54. The Morgan fingerprint density at radius 1 is 1.77 bits per heavy atom. The molecule has 2 N–H and O–H groups in total. The van der Waals surface area contributed by atoms with Gasteiger partial charge in [0.2, 0.25) is 0 Å². The van der Waals surface area contributed by atoms with E-state index in [9.17, 15) is 0 Å². The first kappa shape index (κ1) is 8.65. The van der Waals surface area contributed by atoms with Gasteiger partial charge in [-0.2, -0.15) is 0 Å². The summed E-state index contributed by atoms with van der Waals surface area (Å²) in [5, 5.41) is 7.91. The summed E-state index contributed by atoms with van der Waals surface area (Å²) in [7, 11) is 0. The van der Waals surface area contributed by atoms with Crippen molar-refractivity contribution in [3.05, 3.63) is 12.2 Å².